The quantitative estimate of drug-likeness (QED) is 0.476. The molecule has 0 saturated heterocycles. The number of aromatic nitrogens is 2. The average Bonchev–Trinajstić information content (AvgIpc) is 2.61. The van der Waals surface area contributed by atoms with Crippen LogP contribution in [0, 0.1) is 28.7 Å². The van der Waals surface area contributed by atoms with Crippen LogP contribution in [0.15, 0.2) is 42.7 Å². The minimum atomic E-state index is -0.805. The number of benzene rings is 2. The number of hydrogen-bond acceptors (Lipinski definition) is 6. The molecule has 0 radical (unpaired) electrons. The maximum Gasteiger partial charge on any atom is 0.373 e. The molecule has 0 aliphatic rings. The lowest BCUT2D eigenvalue weighted by molar-refractivity contribution is -0.385. The van der Waals surface area contributed by atoms with Crippen LogP contribution in [0.4, 0.5) is 26.0 Å². The fourth-order valence-electron chi connectivity index (χ4n) is 2.21. The number of rotatable bonds is 5. The Labute approximate surface area is 156 Å². The predicted molar refractivity (Wildman–Crippen MR) is 94.6 cm³/mol. The first-order valence-electron chi connectivity index (χ1n) is 7.50. The number of aryl methyl sites for hydroxylation is 1. The topological polar surface area (TPSA) is 90.2 Å². The number of nitrogens with zero attached hydrogens (tertiary/aromatic N) is 3. The average molecular weight is 393 g/mol. The largest absolute Gasteiger partial charge is 0.434 e. The fraction of sp³-hybridized carbons (Fsp3) is 0.0588. The van der Waals surface area contributed by atoms with Gasteiger partial charge in [0.15, 0.2) is 0 Å². The van der Waals surface area contributed by atoms with Gasteiger partial charge in [0.1, 0.15) is 23.7 Å². The maximum absolute atomic E-state index is 13.8. The number of nitrogens with one attached hydrogen (secondary N) is 1. The zero-order valence-electron chi connectivity index (χ0n) is 13.7. The third-order valence-electron chi connectivity index (χ3n) is 3.50. The summed E-state index contributed by atoms with van der Waals surface area (Å²) in [5, 5.41) is 14.4. The zero-order valence-corrected chi connectivity index (χ0v) is 14.5. The number of anilines is 2. The van der Waals surface area contributed by atoms with E-state index in [1.54, 1.807) is 19.1 Å². The van der Waals surface area contributed by atoms with Crippen LogP contribution in [-0.2, 0) is 0 Å². The minimum Gasteiger partial charge on any atom is -0.434 e. The van der Waals surface area contributed by atoms with Crippen LogP contribution in [0.5, 0.6) is 11.6 Å². The summed E-state index contributed by atoms with van der Waals surface area (Å²) in [6, 6.07) is 7.32. The standard InChI is InChI=1S/C17H11ClF2N4O3/c1-9-6-11(3-4-12(9)18)27-17-15(24(25)26)16(21-8-22-17)23-14-7-10(19)2-5-13(14)20/h2-8H,1H3,(H,21,22,23). The molecule has 0 amide bonds. The van der Waals surface area contributed by atoms with E-state index in [-0.39, 0.29) is 23.1 Å². The van der Waals surface area contributed by atoms with Crippen LogP contribution >= 0.6 is 11.6 Å². The van der Waals surface area contributed by atoms with E-state index in [2.05, 4.69) is 15.3 Å². The summed E-state index contributed by atoms with van der Waals surface area (Å²) < 4.78 is 32.6. The van der Waals surface area contributed by atoms with Crippen molar-refractivity contribution in [2.24, 2.45) is 0 Å². The molecule has 27 heavy (non-hydrogen) atoms. The van der Waals surface area contributed by atoms with Crippen molar-refractivity contribution in [1.29, 1.82) is 0 Å². The van der Waals surface area contributed by atoms with Crippen molar-refractivity contribution in [2.75, 3.05) is 5.32 Å². The molecule has 0 spiro atoms. The zero-order chi connectivity index (χ0) is 19.6. The summed E-state index contributed by atoms with van der Waals surface area (Å²) in [6.45, 7) is 1.74. The van der Waals surface area contributed by atoms with Gasteiger partial charge in [-0.25, -0.2) is 13.8 Å². The Morgan fingerprint density at radius 1 is 1.19 bits per heavy atom. The molecule has 0 aliphatic heterocycles. The highest BCUT2D eigenvalue weighted by Crippen LogP contribution is 2.36. The summed E-state index contributed by atoms with van der Waals surface area (Å²) in [5.74, 6) is -1.97. The second-order valence-corrected chi connectivity index (χ2v) is 5.80. The van der Waals surface area contributed by atoms with E-state index in [0.717, 1.165) is 24.5 Å². The van der Waals surface area contributed by atoms with Gasteiger partial charge in [-0.3, -0.25) is 10.1 Å². The SMILES string of the molecule is Cc1cc(Oc2ncnc(Nc3cc(F)ccc3F)c2[N+](=O)[O-])ccc1Cl. The Morgan fingerprint density at radius 2 is 1.96 bits per heavy atom. The van der Waals surface area contributed by atoms with E-state index in [1.165, 1.54) is 6.07 Å². The molecule has 1 N–H and O–H groups in total. The first-order valence-corrected chi connectivity index (χ1v) is 7.88. The number of nitro groups is 1. The van der Waals surface area contributed by atoms with Crippen molar-refractivity contribution in [3.05, 3.63) is 75.1 Å². The van der Waals surface area contributed by atoms with E-state index >= 15 is 0 Å². The molecule has 1 aromatic heterocycles. The van der Waals surface area contributed by atoms with Crippen LogP contribution in [0.3, 0.4) is 0 Å². The lowest BCUT2D eigenvalue weighted by atomic mass is 10.2. The molecule has 1 heterocycles. The van der Waals surface area contributed by atoms with Gasteiger partial charge in [-0.05, 0) is 42.8 Å². The molecule has 2 aromatic carbocycles. The maximum atomic E-state index is 13.8. The molecule has 10 heteroatoms. The summed E-state index contributed by atoms with van der Waals surface area (Å²) in [4.78, 5) is 18.3. The van der Waals surface area contributed by atoms with Crippen molar-refractivity contribution in [2.45, 2.75) is 6.92 Å². The van der Waals surface area contributed by atoms with Crippen molar-refractivity contribution in [3.63, 3.8) is 0 Å². The van der Waals surface area contributed by atoms with Gasteiger partial charge >= 0.3 is 11.6 Å². The number of halogens is 3. The predicted octanol–water partition coefficient (Wildman–Crippen LogP) is 5.16. The molecule has 3 aromatic rings. The van der Waals surface area contributed by atoms with Crippen LogP contribution in [0.2, 0.25) is 5.02 Å². The second kappa shape index (κ2) is 7.50. The van der Waals surface area contributed by atoms with E-state index in [1.807, 2.05) is 0 Å². The first-order chi connectivity index (χ1) is 12.8. The molecular formula is C17H11ClF2N4O3. The number of hydrogen-bond donors (Lipinski definition) is 1. The van der Waals surface area contributed by atoms with Gasteiger partial charge in [-0.2, -0.15) is 4.98 Å². The Morgan fingerprint density at radius 3 is 2.67 bits per heavy atom. The molecule has 138 valence electrons. The summed E-state index contributed by atoms with van der Waals surface area (Å²) in [6.07, 6.45) is 1.00. The highest BCUT2D eigenvalue weighted by Gasteiger charge is 2.26. The van der Waals surface area contributed by atoms with Gasteiger partial charge in [0.25, 0.3) is 0 Å². The first kappa shape index (κ1) is 18.5. The summed E-state index contributed by atoms with van der Waals surface area (Å²) in [5.41, 5.74) is -0.245. The van der Waals surface area contributed by atoms with Crippen molar-refractivity contribution in [3.8, 4) is 11.6 Å². The van der Waals surface area contributed by atoms with E-state index in [4.69, 9.17) is 16.3 Å². The third kappa shape index (κ3) is 4.09. The van der Waals surface area contributed by atoms with Gasteiger partial charge in [-0.1, -0.05) is 11.6 Å². The van der Waals surface area contributed by atoms with Crippen molar-refractivity contribution in [1.82, 2.24) is 9.97 Å². The van der Waals surface area contributed by atoms with Gasteiger partial charge < -0.3 is 10.1 Å². The van der Waals surface area contributed by atoms with Gasteiger partial charge in [0.05, 0.1) is 10.6 Å². The van der Waals surface area contributed by atoms with Crippen LogP contribution in [0.1, 0.15) is 5.56 Å². The Bertz CT molecular complexity index is 1030. The molecule has 0 bridgehead atoms. The molecule has 7 nitrogen and oxygen atoms in total. The molecule has 0 fully saturated rings. The lowest BCUT2D eigenvalue weighted by Crippen LogP contribution is -2.04. The highest BCUT2D eigenvalue weighted by atomic mass is 35.5. The monoisotopic (exact) mass is 392 g/mol. The molecular weight excluding hydrogens is 382 g/mol. The summed E-state index contributed by atoms with van der Waals surface area (Å²) in [7, 11) is 0. The van der Waals surface area contributed by atoms with Crippen LogP contribution in [0.25, 0.3) is 0 Å². The lowest BCUT2D eigenvalue weighted by Gasteiger charge is -2.10. The second-order valence-electron chi connectivity index (χ2n) is 5.40. The molecule has 0 saturated carbocycles. The normalized spacial score (nSPS) is 10.5. The van der Waals surface area contributed by atoms with E-state index < -0.39 is 22.2 Å². The Kier molecular flexibility index (Phi) is 5.13. The molecule has 3 rings (SSSR count). The Hall–Kier alpha value is -3.33. The van der Waals surface area contributed by atoms with E-state index in [9.17, 15) is 18.9 Å². The van der Waals surface area contributed by atoms with Crippen molar-refractivity contribution < 1.29 is 18.4 Å². The number of ether oxygens (including phenoxy) is 1. The van der Waals surface area contributed by atoms with Gasteiger partial charge in [0.2, 0.25) is 5.82 Å². The Balaban J connectivity index is 2.00. The van der Waals surface area contributed by atoms with Gasteiger partial charge in [-0.15, -0.1) is 0 Å². The minimum absolute atomic E-state index is 0.265. The fourth-order valence-corrected chi connectivity index (χ4v) is 2.32. The van der Waals surface area contributed by atoms with Crippen LogP contribution < -0.4 is 10.1 Å². The highest BCUT2D eigenvalue weighted by molar-refractivity contribution is 6.31. The summed E-state index contributed by atoms with van der Waals surface area (Å²) >= 11 is 5.94. The van der Waals surface area contributed by atoms with Crippen molar-refractivity contribution >= 4 is 28.8 Å². The third-order valence-corrected chi connectivity index (χ3v) is 3.92. The molecule has 0 aliphatic carbocycles. The van der Waals surface area contributed by atoms with Crippen LogP contribution in [-0.4, -0.2) is 14.9 Å². The van der Waals surface area contributed by atoms with E-state index in [0.29, 0.717) is 10.6 Å². The molecule has 0 unspecified atom stereocenters. The van der Waals surface area contributed by atoms with Gasteiger partial charge in [0, 0.05) is 11.1 Å². The molecule has 0 atom stereocenters. The smallest absolute Gasteiger partial charge is 0.373 e.